The van der Waals surface area contributed by atoms with Crippen LogP contribution in [-0.2, 0) is 6.54 Å². The average Bonchev–Trinajstić information content (AvgIpc) is 3.18. The van der Waals surface area contributed by atoms with Crippen molar-refractivity contribution in [2.45, 2.75) is 40.3 Å². The quantitative estimate of drug-likeness (QED) is 0.720. The Labute approximate surface area is 152 Å². The van der Waals surface area contributed by atoms with Crippen molar-refractivity contribution in [1.82, 2.24) is 14.9 Å². The second kappa shape index (κ2) is 7.23. The van der Waals surface area contributed by atoms with E-state index in [0.29, 0.717) is 12.6 Å². The van der Waals surface area contributed by atoms with E-state index in [1.807, 2.05) is 55.6 Å². The van der Waals surface area contributed by atoms with Crippen molar-refractivity contribution in [3.05, 3.63) is 64.4 Å². The first-order chi connectivity index (χ1) is 12.0. The van der Waals surface area contributed by atoms with E-state index in [2.05, 4.69) is 28.7 Å². The molecule has 130 valence electrons. The number of nitrogens with one attached hydrogen (secondary N) is 1. The Hall–Kier alpha value is -2.40. The number of nitrogens with zero attached hydrogens (tertiary/aromatic N) is 2. The highest BCUT2D eigenvalue weighted by Crippen LogP contribution is 2.23. The highest BCUT2D eigenvalue weighted by Gasteiger charge is 2.17. The second-order valence-electron chi connectivity index (χ2n) is 6.44. The molecule has 3 aromatic rings. The standard InChI is InChI=1S/C20H23N3OS/c1-13(2)23-14(3)10-18(15(23)4)19(24)21-11-17-12-25-20(22-17)16-8-6-5-7-9-16/h5-10,12-13H,11H2,1-4H3,(H,21,24). The molecule has 0 saturated carbocycles. The summed E-state index contributed by atoms with van der Waals surface area (Å²) in [5.74, 6) is -0.0470. The van der Waals surface area contributed by atoms with E-state index in [1.165, 1.54) is 0 Å². The maximum Gasteiger partial charge on any atom is 0.253 e. The molecule has 25 heavy (non-hydrogen) atoms. The van der Waals surface area contributed by atoms with Gasteiger partial charge in [-0.25, -0.2) is 4.98 Å². The number of rotatable bonds is 5. The van der Waals surface area contributed by atoms with E-state index in [4.69, 9.17) is 0 Å². The van der Waals surface area contributed by atoms with E-state index in [1.54, 1.807) is 11.3 Å². The van der Waals surface area contributed by atoms with Gasteiger partial charge in [-0.1, -0.05) is 30.3 Å². The summed E-state index contributed by atoms with van der Waals surface area (Å²) in [4.78, 5) is 17.2. The van der Waals surface area contributed by atoms with Crippen LogP contribution in [0.1, 0.15) is 47.3 Å². The maximum atomic E-state index is 12.6. The molecule has 2 aromatic heterocycles. The molecule has 4 nitrogen and oxygen atoms in total. The highest BCUT2D eigenvalue weighted by atomic mass is 32.1. The Kier molecular flexibility index (Phi) is 5.04. The molecule has 0 spiro atoms. The van der Waals surface area contributed by atoms with Crippen LogP contribution < -0.4 is 5.32 Å². The largest absolute Gasteiger partial charge is 0.346 e. The van der Waals surface area contributed by atoms with Crippen molar-refractivity contribution in [3.63, 3.8) is 0 Å². The van der Waals surface area contributed by atoms with Gasteiger partial charge < -0.3 is 9.88 Å². The fourth-order valence-electron chi connectivity index (χ4n) is 3.17. The number of benzene rings is 1. The van der Waals surface area contributed by atoms with Crippen LogP contribution in [0.3, 0.4) is 0 Å². The number of aryl methyl sites for hydroxylation is 1. The van der Waals surface area contributed by atoms with Gasteiger partial charge >= 0.3 is 0 Å². The molecule has 0 aliphatic carbocycles. The number of carbonyl (C=O) groups excluding carboxylic acids is 1. The van der Waals surface area contributed by atoms with E-state index < -0.39 is 0 Å². The molecule has 1 aromatic carbocycles. The van der Waals surface area contributed by atoms with Crippen LogP contribution in [0.2, 0.25) is 0 Å². The maximum absolute atomic E-state index is 12.6. The highest BCUT2D eigenvalue weighted by molar-refractivity contribution is 7.13. The van der Waals surface area contributed by atoms with Crippen molar-refractivity contribution in [3.8, 4) is 10.6 Å². The Morgan fingerprint density at radius 2 is 1.96 bits per heavy atom. The molecular formula is C20H23N3OS. The van der Waals surface area contributed by atoms with Gasteiger partial charge in [0.2, 0.25) is 0 Å². The third-order valence-corrected chi connectivity index (χ3v) is 5.19. The van der Waals surface area contributed by atoms with Crippen molar-refractivity contribution < 1.29 is 4.79 Å². The Balaban J connectivity index is 1.69. The van der Waals surface area contributed by atoms with Crippen molar-refractivity contribution in [2.24, 2.45) is 0 Å². The first-order valence-electron chi connectivity index (χ1n) is 8.44. The van der Waals surface area contributed by atoms with Crippen LogP contribution in [0.4, 0.5) is 0 Å². The number of thiazole rings is 1. The SMILES string of the molecule is Cc1cc(C(=O)NCc2csc(-c3ccccc3)n2)c(C)n1C(C)C. The van der Waals surface area contributed by atoms with Crippen LogP contribution >= 0.6 is 11.3 Å². The first-order valence-corrected chi connectivity index (χ1v) is 9.31. The van der Waals surface area contributed by atoms with E-state index >= 15 is 0 Å². The molecule has 2 heterocycles. The number of carbonyl (C=O) groups is 1. The molecule has 0 radical (unpaired) electrons. The summed E-state index contributed by atoms with van der Waals surface area (Å²) < 4.78 is 2.19. The van der Waals surface area contributed by atoms with Gasteiger partial charge in [-0.15, -0.1) is 11.3 Å². The van der Waals surface area contributed by atoms with Gasteiger partial charge in [0.1, 0.15) is 5.01 Å². The molecule has 0 aliphatic heterocycles. The van der Waals surface area contributed by atoms with Gasteiger partial charge in [-0.3, -0.25) is 4.79 Å². The topological polar surface area (TPSA) is 46.9 Å². The van der Waals surface area contributed by atoms with Crippen LogP contribution in [0, 0.1) is 13.8 Å². The lowest BCUT2D eigenvalue weighted by atomic mass is 10.2. The minimum atomic E-state index is -0.0470. The van der Waals surface area contributed by atoms with E-state index in [-0.39, 0.29) is 5.91 Å². The van der Waals surface area contributed by atoms with Gasteiger partial charge in [-0.2, -0.15) is 0 Å². The summed E-state index contributed by atoms with van der Waals surface area (Å²) >= 11 is 1.60. The number of hydrogen-bond acceptors (Lipinski definition) is 3. The minimum absolute atomic E-state index is 0.0470. The summed E-state index contributed by atoms with van der Waals surface area (Å²) in [7, 11) is 0. The Morgan fingerprint density at radius 1 is 1.24 bits per heavy atom. The zero-order valence-electron chi connectivity index (χ0n) is 15.0. The summed E-state index contributed by atoms with van der Waals surface area (Å²) in [5, 5.41) is 5.97. The van der Waals surface area contributed by atoms with Crippen LogP contribution in [-0.4, -0.2) is 15.5 Å². The zero-order valence-corrected chi connectivity index (χ0v) is 15.9. The van der Waals surface area contributed by atoms with Gasteiger partial charge in [-0.05, 0) is 33.8 Å². The molecule has 0 fully saturated rings. The lowest BCUT2D eigenvalue weighted by Gasteiger charge is -2.13. The fraction of sp³-hybridized carbons (Fsp3) is 0.300. The predicted octanol–water partition coefficient (Wildman–Crippen LogP) is 4.74. The molecular weight excluding hydrogens is 330 g/mol. The first kappa shape index (κ1) is 17.4. The molecule has 0 atom stereocenters. The number of hydrogen-bond donors (Lipinski definition) is 1. The minimum Gasteiger partial charge on any atom is -0.346 e. The molecule has 0 aliphatic rings. The van der Waals surface area contributed by atoms with Gasteiger partial charge in [0.25, 0.3) is 5.91 Å². The molecule has 5 heteroatoms. The van der Waals surface area contributed by atoms with Crippen LogP contribution in [0.25, 0.3) is 10.6 Å². The summed E-state index contributed by atoms with van der Waals surface area (Å²) in [6.07, 6.45) is 0. The average molecular weight is 353 g/mol. The third-order valence-electron chi connectivity index (χ3n) is 4.25. The lowest BCUT2D eigenvalue weighted by Crippen LogP contribution is -2.23. The predicted molar refractivity (Wildman–Crippen MR) is 103 cm³/mol. The normalized spacial score (nSPS) is 11.1. The molecule has 0 saturated heterocycles. The zero-order chi connectivity index (χ0) is 18.0. The summed E-state index contributed by atoms with van der Waals surface area (Å²) in [6, 6.07) is 12.4. The molecule has 0 bridgehead atoms. The molecule has 1 N–H and O–H groups in total. The van der Waals surface area contributed by atoms with Gasteiger partial charge in [0, 0.05) is 28.4 Å². The smallest absolute Gasteiger partial charge is 0.253 e. The monoisotopic (exact) mass is 353 g/mol. The number of amides is 1. The Morgan fingerprint density at radius 3 is 2.60 bits per heavy atom. The van der Waals surface area contributed by atoms with Crippen molar-refractivity contribution >= 4 is 17.2 Å². The van der Waals surface area contributed by atoms with E-state index in [0.717, 1.165) is 33.2 Å². The van der Waals surface area contributed by atoms with Gasteiger partial charge in [0.05, 0.1) is 17.8 Å². The molecule has 0 unspecified atom stereocenters. The van der Waals surface area contributed by atoms with Crippen molar-refractivity contribution in [1.29, 1.82) is 0 Å². The lowest BCUT2D eigenvalue weighted by molar-refractivity contribution is 0.0949. The van der Waals surface area contributed by atoms with E-state index in [9.17, 15) is 4.79 Å². The third kappa shape index (κ3) is 3.66. The fourth-order valence-corrected chi connectivity index (χ4v) is 3.99. The number of aromatic nitrogens is 2. The summed E-state index contributed by atoms with van der Waals surface area (Å²) in [5.41, 5.74) is 4.84. The van der Waals surface area contributed by atoms with Crippen LogP contribution in [0.15, 0.2) is 41.8 Å². The van der Waals surface area contributed by atoms with Crippen LogP contribution in [0.5, 0.6) is 0 Å². The summed E-state index contributed by atoms with van der Waals surface area (Å²) in [6.45, 7) is 8.73. The molecule has 3 rings (SSSR count). The molecule has 1 amide bonds. The van der Waals surface area contributed by atoms with Crippen molar-refractivity contribution in [2.75, 3.05) is 0 Å². The second-order valence-corrected chi connectivity index (χ2v) is 7.30. The Bertz CT molecular complexity index is 878. The van der Waals surface area contributed by atoms with Gasteiger partial charge in [0.15, 0.2) is 0 Å².